The summed E-state index contributed by atoms with van der Waals surface area (Å²) >= 11 is 0. The van der Waals surface area contributed by atoms with Crippen molar-refractivity contribution in [2.45, 2.75) is 32.3 Å². The largest absolute Gasteiger partial charge is 0.449 e. The van der Waals surface area contributed by atoms with Crippen LogP contribution in [0.4, 0.5) is 10.2 Å². The Kier molecular flexibility index (Phi) is 5.48. The van der Waals surface area contributed by atoms with Gasteiger partial charge in [0.15, 0.2) is 11.8 Å². The number of carbonyl (C=O) groups is 2. The smallest absolute Gasteiger partial charge is 0.359 e. The number of rotatable bonds is 5. The van der Waals surface area contributed by atoms with Crippen LogP contribution in [-0.2, 0) is 31.7 Å². The number of hydrogen-bond acceptors (Lipinski definition) is 7. The van der Waals surface area contributed by atoms with Crippen molar-refractivity contribution in [2.24, 2.45) is 14.1 Å². The van der Waals surface area contributed by atoms with Crippen LogP contribution in [0.5, 0.6) is 0 Å². The molecule has 0 aliphatic heterocycles. The number of aromatic nitrogens is 4. The van der Waals surface area contributed by atoms with E-state index in [-0.39, 0.29) is 11.5 Å². The van der Waals surface area contributed by atoms with Crippen LogP contribution < -0.4 is 17.0 Å². The molecule has 172 valence electrons. The van der Waals surface area contributed by atoms with Crippen LogP contribution in [0.1, 0.15) is 45.4 Å². The first kappa shape index (κ1) is 22.2. The number of ketones is 1. The molecule has 2 aromatic heterocycles. The van der Waals surface area contributed by atoms with Gasteiger partial charge in [0.25, 0.3) is 5.56 Å². The van der Waals surface area contributed by atoms with E-state index in [1.54, 1.807) is 16.8 Å². The zero-order valence-electron chi connectivity index (χ0n) is 18.3. The summed E-state index contributed by atoms with van der Waals surface area (Å²) in [6.45, 7) is 1.32. The normalized spacial score (nSPS) is 13.6. The number of anilines is 1. The summed E-state index contributed by atoms with van der Waals surface area (Å²) in [6.07, 6.45) is 0.760. The van der Waals surface area contributed by atoms with Gasteiger partial charge >= 0.3 is 11.7 Å². The van der Waals surface area contributed by atoms with E-state index >= 15 is 0 Å². The van der Waals surface area contributed by atoms with E-state index in [1.165, 1.54) is 33.2 Å². The van der Waals surface area contributed by atoms with Crippen LogP contribution in [0.2, 0.25) is 0 Å². The second-order valence-corrected chi connectivity index (χ2v) is 7.89. The fourth-order valence-corrected chi connectivity index (χ4v) is 3.96. The summed E-state index contributed by atoms with van der Waals surface area (Å²) in [4.78, 5) is 50.3. The van der Waals surface area contributed by atoms with Crippen LogP contribution in [0.15, 0.2) is 33.9 Å². The second kappa shape index (κ2) is 8.15. The third-order valence-corrected chi connectivity index (χ3v) is 5.80. The van der Waals surface area contributed by atoms with E-state index in [1.807, 2.05) is 0 Å². The number of benzene rings is 1. The molecule has 0 bridgehead atoms. The van der Waals surface area contributed by atoms with Crippen molar-refractivity contribution >= 4 is 17.6 Å². The zero-order valence-corrected chi connectivity index (χ0v) is 18.3. The van der Waals surface area contributed by atoms with Gasteiger partial charge in [-0.3, -0.25) is 18.7 Å². The third-order valence-electron chi connectivity index (χ3n) is 5.80. The van der Waals surface area contributed by atoms with Gasteiger partial charge in [-0.2, -0.15) is 5.10 Å². The summed E-state index contributed by atoms with van der Waals surface area (Å²) in [7, 11) is 2.55. The molecule has 0 fully saturated rings. The molecule has 1 aliphatic rings. The van der Waals surface area contributed by atoms with Gasteiger partial charge in [0.2, 0.25) is 5.78 Å². The van der Waals surface area contributed by atoms with Gasteiger partial charge < -0.3 is 10.5 Å². The Hall–Kier alpha value is -4.02. The predicted molar refractivity (Wildman–Crippen MR) is 116 cm³/mol. The molecular weight excluding hydrogens is 433 g/mol. The highest BCUT2D eigenvalue weighted by Crippen LogP contribution is 2.28. The third kappa shape index (κ3) is 3.65. The molecule has 1 aromatic carbocycles. The lowest BCUT2D eigenvalue weighted by Crippen LogP contribution is -2.43. The first-order chi connectivity index (χ1) is 15.6. The number of hydrogen-bond donors (Lipinski definition) is 1. The molecule has 33 heavy (non-hydrogen) atoms. The molecule has 0 radical (unpaired) electrons. The van der Waals surface area contributed by atoms with Crippen LogP contribution in [0.3, 0.4) is 0 Å². The Morgan fingerprint density at radius 1 is 1.12 bits per heavy atom. The first-order valence-electron chi connectivity index (χ1n) is 10.3. The van der Waals surface area contributed by atoms with Gasteiger partial charge in [0.05, 0.1) is 5.69 Å². The highest BCUT2D eigenvalue weighted by Gasteiger charge is 2.32. The van der Waals surface area contributed by atoms with Crippen LogP contribution >= 0.6 is 0 Å². The molecule has 11 heteroatoms. The van der Waals surface area contributed by atoms with E-state index in [4.69, 9.17) is 10.5 Å². The number of carbonyl (C=O) groups excluding carboxylic acids is 2. The van der Waals surface area contributed by atoms with Crippen molar-refractivity contribution in [1.82, 2.24) is 18.9 Å². The average Bonchev–Trinajstić information content (AvgIpc) is 3.40. The predicted octanol–water partition coefficient (Wildman–Crippen LogP) is 0.908. The number of ether oxygens (including phenoxy) is 1. The van der Waals surface area contributed by atoms with Crippen molar-refractivity contribution in [2.75, 3.05) is 5.73 Å². The summed E-state index contributed by atoms with van der Waals surface area (Å²) < 4.78 is 22.0. The summed E-state index contributed by atoms with van der Waals surface area (Å²) in [5, 5.41) is 4.36. The molecule has 2 heterocycles. The van der Waals surface area contributed by atoms with E-state index < -0.39 is 40.5 Å². The number of nitrogens with two attached hydrogens (primary N) is 1. The molecule has 0 saturated heterocycles. The fourth-order valence-electron chi connectivity index (χ4n) is 3.96. The lowest BCUT2D eigenvalue weighted by Gasteiger charge is -2.15. The maximum atomic E-state index is 13.3. The number of halogens is 1. The van der Waals surface area contributed by atoms with E-state index in [0.29, 0.717) is 24.1 Å². The monoisotopic (exact) mass is 455 g/mol. The average molecular weight is 455 g/mol. The summed E-state index contributed by atoms with van der Waals surface area (Å²) in [5.41, 5.74) is 6.04. The van der Waals surface area contributed by atoms with Gasteiger partial charge in [0.1, 0.15) is 17.2 Å². The van der Waals surface area contributed by atoms with Crippen molar-refractivity contribution in [3.8, 4) is 5.69 Å². The quantitative estimate of drug-likeness (QED) is 0.447. The Labute approximate surface area is 187 Å². The molecule has 0 unspecified atom stereocenters. The molecule has 4 rings (SSSR count). The standard InChI is InChI=1S/C22H22FN5O5/c1-11(18(29)16-19(24)26(2)22(32)27(3)20(16)30)33-21(31)17-14-5-4-6-15(14)28(25-17)13-9-7-12(23)8-10-13/h7-11H,4-6,24H2,1-3H3/t11-/m0/s1. The highest BCUT2D eigenvalue weighted by atomic mass is 19.1. The van der Waals surface area contributed by atoms with Crippen LogP contribution in [0.25, 0.3) is 5.69 Å². The van der Waals surface area contributed by atoms with E-state index in [0.717, 1.165) is 21.2 Å². The van der Waals surface area contributed by atoms with Gasteiger partial charge in [-0.25, -0.2) is 18.7 Å². The second-order valence-electron chi connectivity index (χ2n) is 7.89. The molecule has 3 aromatic rings. The SMILES string of the molecule is C[C@H](OC(=O)c1nn(-c2ccc(F)cc2)c2c1CCC2)C(=O)c1c(N)n(C)c(=O)n(C)c1=O. The Morgan fingerprint density at radius 3 is 2.45 bits per heavy atom. The van der Waals surface area contributed by atoms with Crippen molar-refractivity contribution in [3.63, 3.8) is 0 Å². The Morgan fingerprint density at radius 2 is 1.79 bits per heavy atom. The maximum absolute atomic E-state index is 13.3. The molecule has 0 spiro atoms. The molecule has 1 aliphatic carbocycles. The number of Topliss-reactive ketones (excluding diaryl/α,β-unsaturated/α-hetero) is 1. The number of esters is 1. The minimum atomic E-state index is -1.35. The lowest BCUT2D eigenvalue weighted by molar-refractivity contribution is 0.0311. The number of nitrogens with zero attached hydrogens (tertiary/aromatic N) is 4. The Balaban J connectivity index is 1.64. The van der Waals surface area contributed by atoms with Gasteiger partial charge in [-0.1, -0.05) is 0 Å². The fraction of sp³-hybridized carbons (Fsp3) is 0.318. The summed E-state index contributed by atoms with van der Waals surface area (Å²) in [6, 6.07) is 5.71. The van der Waals surface area contributed by atoms with E-state index in [9.17, 15) is 23.6 Å². The molecule has 10 nitrogen and oxygen atoms in total. The van der Waals surface area contributed by atoms with Gasteiger partial charge in [0, 0.05) is 25.4 Å². The molecule has 0 amide bonds. The van der Waals surface area contributed by atoms with Gasteiger partial charge in [-0.05, 0) is 50.5 Å². The zero-order chi connectivity index (χ0) is 24.0. The summed E-state index contributed by atoms with van der Waals surface area (Å²) in [5.74, 6) is -2.35. The topological polar surface area (TPSA) is 131 Å². The van der Waals surface area contributed by atoms with Crippen LogP contribution in [-0.4, -0.2) is 36.8 Å². The number of fused-ring (bicyclic) bond motifs is 1. The molecular formula is C22H22FN5O5. The van der Waals surface area contributed by atoms with Crippen molar-refractivity contribution < 1.29 is 18.7 Å². The minimum absolute atomic E-state index is 0.0628. The van der Waals surface area contributed by atoms with Crippen molar-refractivity contribution in [3.05, 3.63) is 73.4 Å². The highest BCUT2D eigenvalue weighted by molar-refractivity contribution is 6.04. The Bertz CT molecular complexity index is 1400. The van der Waals surface area contributed by atoms with Crippen molar-refractivity contribution in [1.29, 1.82) is 0 Å². The van der Waals surface area contributed by atoms with E-state index in [2.05, 4.69) is 5.10 Å². The lowest BCUT2D eigenvalue weighted by atomic mass is 10.1. The molecule has 1 atom stereocenters. The van der Waals surface area contributed by atoms with Crippen LogP contribution in [0, 0.1) is 5.82 Å². The maximum Gasteiger partial charge on any atom is 0.359 e. The number of nitrogen functional groups attached to an aromatic ring is 1. The molecule has 2 N–H and O–H groups in total. The van der Waals surface area contributed by atoms with Gasteiger partial charge in [-0.15, -0.1) is 0 Å². The minimum Gasteiger partial charge on any atom is -0.449 e. The molecule has 0 saturated carbocycles. The first-order valence-corrected chi connectivity index (χ1v) is 10.3.